The molecule has 11 heteroatoms. The van der Waals surface area contributed by atoms with Crippen LogP contribution in [0.2, 0.25) is 0 Å². The Labute approximate surface area is 170 Å². The molecule has 4 heterocycles. The van der Waals surface area contributed by atoms with Crippen molar-refractivity contribution < 1.29 is 9.53 Å². The number of hydrogen-bond donors (Lipinski definition) is 2. The number of carbonyl (C=O) groups excluding carboxylic acids is 1. The summed E-state index contributed by atoms with van der Waals surface area (Å²) >= 11 is 0. The molecule has 0 saturated heterocycles. The summed E-state index contributed by atoms with van der Waals surface area (Å²) in [5, 5.41) is 7.08. The smallest absolute Gasteiger partial charge is 0.327 e. The first-order valence-electron chi connectivity index (χ1n) is 9.12. The van der Waals surface area contributed by atoms with E-state index >= 15 is 0 Å². The molecule has 0 bridgehead atoms. The number of ether oxygens (including phenoxy) is 1. The second-order valence-electron chi connectivity index (χ2n) is 6.58. The molecule has 0 spiro atoms. The summed E-state index contributed by atoms with van der Waals surface area (Å²) in [6.45, 7) is 0.615. The lowest BCUT2D eigenvalue weighted by molar-refractivity contribution is 0.0954. The highest BCUT2D eigenvalue weighted by Gasteiger charge is 2.20. The van der Waals surface area contributed by atoms with E-state index in [-0.39, 0.29) is 24.0 Å². The molecular weight excluding hydrogens is 388 g/mol. The van der Waals surface area contributed by atoms with Crippen molar-refractivity contribution in [3.05, 3.63) is 59.2 Å². The van der Waals surface area contributed by atoms with Crippen LogP contribution in [0.15, 0.2) is 47.9 Å². The Morgan fingerprint density at radius 2 is 2.10 bits per heavy atom. The van der Waals surface area contributed by atoms with Gasteiger partial charge in [0, 0.05) is 50.4 Å². The zero-order valence-electron chi connectivity index (χ0n) is 16.4. The Bertz CT molecular complexity index is 1290. The van der Waals surface area contributed by atoms with E-state index in [0.29, 0.717) is 29.2 Å². The first kappa shape index (κ1) is 19.2. The van der Waals surface area contributed by atoms with Crippen LogP contribution in [-0.2, 0) is 13.6 Å². The molecule has 30 heavy (non-hydrogen) atoms. The third-order valence-corrected chi connectivity index (χ3v) is 4.72. The van der Waals surface area contributed by atoms with Gasteiger partial charge < -0.3 is 20.4 Å². The summed E-state index contributed by atoms with van der Waals surface area (Å²) < 4.78 is 9.74. The van der Waals surface area contributed by atoms with Crippen molar-refractivity contribution in [2.45, 2.75) is 6.54 Å². The second-order valence-corrected chi connectivity index (χ2v) is 6.58. The molecule has 0 aromatic carbocycles. The molecule has 1 amide bonds. The normalized spacial score (nSPS) is 11.0. The molecule has 4 aromatic heterocycles. The van der Waals surface area contributed by atoms with E-state index in [1.165, 1.54) is 22.6 Å². The Morgan fingerprint density at radius 3 is 2.83 bits per heavy atom. The van der Waals surface area contributed by atoms with Gasteiger partial charge in [-0.1, -0.05) is 0 Å². The van der Waals surface area contributed by atoms with Gasteiger partial charge in [0.1, 0.15) is 11.8 Å². The summed E-state index contributed by atoms with van der Waals surface area (Å²) in [7, 11) is 3.20. The molecule has 4 aromatic rings. The average molecular weight is 408 g/mol. The van der Waals surface area contributed by atoms with Gasteiger partial charge in [0.05, 0.1) is 18.4 Å². The van der Waals surface area contributed by atoms with Crippen molar-refractivity contribution in [2.75, 3.05) is 19.4 Å². The number of rotatable bonds is 6. The van der Waals surface area contributed by atoms with Crippen LogP contribution in [0.4, 0.5) is 5.82 Å². The Balaban J connectivity index is 1.65. The van der Waals surface area contributed by atoms with E-state index in [9.17, 15) is 9.59 Å². The van der Waals surface area contributed by atoms with Crippen LogP contribution in [0, 0.1) is 0 Å². The van der Waals surface area contributed by atoms with Gasteiger partial charge in [0.15, 0.2) is 5.82 Å². The summed E-state index contributed by atoms with van der Waals surface area (Å²) in [4.78, 5) is 32.9. The number of pyridine rings is 1. The molecule has 0 aliphatic rings. The fraction of sp³-hybridized carbons (Fsp3) is 0.211. The van der Waals surface area contributed by atoms with Gasteiger partial charge >= 0.3 is 5.69 Å². The van der Waals surface area contributed by atoms with Crippen LogP contribution < -0.4 is 21.5 Å². The fourth-order valence-electron chi connectivity index (χ4n) is 3.19. The molecule has 154 valence electrons. The lowest BCUT2D eigenvalue weighted by atomic mass is 10.1. The number of fused-ring (bicyclic) bond motifs is 1. The number of anilines is 1. The predicted molar refractivity (Wildman–Crippen MR) is 109 cm³/mol. The van der Waals surface area contributed by atoms with E-state index in [4.69, 9.17) is 10.5 Å². The number of methoxy groups -OCH3 is 1. The molecule has 11 nitrogen and oxygen atoms in total. The maximum atomic E-state index is 12.9. The molecule has 0 fully saturated rings. The number of imidazole rings is 1. The van der Waals surface area contributed by atoms with Crippen molar-refractivity contribution in [1.29, 1.82) is 0 Å². The van der Waals surface area contributed by atoms with Crippen LogP contribution in [0.5, 0.6) is 5.88 Å². The van der Waals surface area contributed by atoms with Gasteiger partial charge in [-0.3, -0.25) is 9.36 Å². The van der Waals surface area contributed by atoms with Crippen LogP contribution in [0.3, 0.4) is 0 Å². The highest BCUT2D eigenvalue weighted by atomic mass is 16.5. The van der Waals surface area contributed by atoms with Crippen LogP contribution in [0.25, 0.3) is 16.8 Å². The van der Waals surface area contributed by atoms with Gasteiger partial charge in [-0.2, -0.15) is 5.10 Å². The van der Waals surface area contributed by atoms with E-state index in [2.05, 4.69) is 20.4 Å². The molecule has 0 aliphatic carbocycles. The number of aryl methyl sites for hydroxylation is 1. The standard InChI is InChI=1S/C19H20N8O3/c1-25-7-8-26(19(25)29)6-5-22-18(28)13-10-14(12-3-4-21-15(9-12)30-2)27-16(13)17(20)23-11-24-27/h3-4,7-11H,5-6H2,1-2H3,(H,22,28)(H2,20,23,24). The zero-order chi connectivity index (χ0) is 21.3. The molecule has 0 saturated carbocycles. The number of carbonyl (C=O) groups is 1. The third kappa shape index (κ3) is 3.36. The molecular formula is C19H20N8O3. The highest BCUT2D eigenvalue weighted by molar-refractivity contribution is 6.05. The van der Waals surface area contributed by atoms with Crippen molar-refractivity contribution in [2.24, 2.45) is 7.05 Å². The van der Waals surface area contributed by atoms with E-state index < -0.39 is 0 Å². The second kappa shape index (κ2) is 7.70. The van der Waals surface area contributed by atoms with Crippen LogP contribution >= 0.6 is 0 Å². The number of nitrogens with zero attached hydrogens (tertiary/aromatic N) is 6. The molecule has 3 N–H and O–H groups in total. The zero-order valence-corrected chi connectivity index (χ0v) is 16.4. The molecule has 0 atom stereocenters. The highest BCUT2D eigenvalue weighted by Crippen LogP contribution is 2.28. The Kier molecular flexibility index (Phi) is 4.92. The lowest BCUT2D eigenvalue weighted by Crippen LogP contribution is -2.31. The topological polar surface area (TPSA) is 134 Å². The lowest BCUT2D eigenvalue weighted by Gasteiger charge is -2.06. The first-order valence-corrected chi connectivity index (χ1v) is 9.12. The molecule has 0 aliphatic heterocycles. The largest absolute Gasteiger partial charge is 0.481 e. The number of hydrogen-bond acceptors (Lipinski definition) is 7. The molecule has 4 rings (SSSR count). The fourth-order valence-corrected chi connectivity index (χ4v) is 3.19. The third-order valence-electron chi connectivity index (χ3n) is 4.72. The summed E-state index contributed by atoms with van der Waals surface area (Å²) in [5.74, 6) is 0.274. The van der Waals surface area contributed by atoms with Crippen molar-refractivity contribution in [3.8, 4) is 17.1 Å². The number of nitrogens with two attached hydrogens (primary N) is 1. The minimum Gasteiger partial charge on any atom is -0.481 e. The first-order chi connectivity index (χ1) is 14.5. The number of aromatic nitrogens is 6. The number of nitrogens with one attached hydrogen (secondary N) is 1. The quantitative estimate of drug-likeness (QED) is 0.469. The Hall–Kier alpha value is -4.15. The summed E-state index contributed by atoms with van der Waals surface area (Å²) in [6.07, 6.45) is 6.27. The molecule has 0 radical (unpaired) electrons. The van der Waals surface area contributed by atoms with Gasteiger partial charge in [-0.15, -0.1) is 0 Å². The van der Waals surface area contributed by atoms with Gasteiger partial charge in [-0.25, -0.2) is 19.3 Å². The SMILES string of the molecule is COc1cc(-c2cc(C(=O)NCCn3ccn(C)c3=O)c3c(N)ncnn23)ccn1. The van der Waals surface area contributed by atoms with E-state index in [1.54, 1.807) is 48.4 Å². The number of nitrogen functional groups attached to an aromatic ring is 1. The minimum atomic E-state index is -0.342. The molecule has 0 unspecified atom stereocenters. The van der Waals surface area contributed by atoms with Crippen LogP contribution in [0.1, 0.15) is 10.4 Å². The maximum absolute atomic E-state index is 12.9. The van der Waals surface area contributed by atoms with Gasteiger partial charge in [0.2, 0.25) is 5.88 Å². The van der Waals surface area contributed by atoms with E-state index in [1.807, 2.05) is 0 Å². The van der Waals surface area contributed by atoms with Gasteiger partial charge in [-0.05, 0) is 12.1 Å². The average Bonchev–Trinajstić information content (AvgIpc) is 3.30. The van der Waals surface area contributed by atoms with Gasteiger partial charge in [0.25, 0.3) is 5.91 Å². The monoisotopic (exact) mass is 408 g/mol. The minimum absolute atomic E-state index is 0.148. The number of amides is 1. The van der Waals surface area contributed by atoms with Crippen molar-refractivity contribution >= 4 is 17.2 Å². The van der Waals surface area contributed by atoms with Crippen LogP contribution in [-0.4, -0.2) is 48.3 Å². The summed E-state index contributed by atoms with van der Waals surface area (Å²) in [6, 6.07) is 5.22. The van der Waals surface area contributed by atoms with E-state index in [0.717, 1.165) is 5.56 Å². The summed E-state index contributed by atoms with van der Waals surface area (Å²) in [5.41, 5.74) is 8.03. The van der Waals surface area contributed by atoms with Crippen molar-refractivity contribution in [1.82, 2.24) is 34.0 Å². The Morgan fingerprint density at radius 1 is 1.27 bits per heavy atom. The predicted octanol–water partition coefficient (Wildman–Crippen LogP) is 0.312. The maximum Gasteiger partial charge on any atom is 0.327 e. The van der Waals surface area contributed by atoms with Crippen molar-refractivity contribution in [3.63, 3.8) is 0 Å².